The van der Waals surface area contributed by atoms with Gasteiger partial charge in [-0.2, -0.15) is 0 Å². The molecular formula is C28H20ClN3O2S. The van der Waals surface area contributed by atoms with Crippen LogP contribution in [0.3, 0.4) is 0 Å². The summed E-state index contributed by atoms with van der Waals surface area (Å²) in [4.78, 5) is 24.5. The smallest absolute Gasteiger partial charge is 0.271 e. The number of thioether (sulfide) groups is 1. The molecule has 0 saturated carbocycles. The van der Waals surface area contributed by atoms with Gasteiger partial charge in [-0.3, -0.25) is 9.69 Å². The zero-order valence-corrected chi connectivity index (χ0v) is 20.1. The summed E-state index contributed by atoms with van der Waals surface area (Å²) < 4.78 is 5.87. The number of aromatic nitrogens is 1. The lowest BCUT2D eigenvalue weighted by molar-refractivity contribution is -0.113. The maximum Gasteiger partial charge on any atom is 0.271 e. The number of carbonyl (C=O) groups is 1. The predicted molar refractivity (Wildman–Crippen MR) is 143 cm³/mol. The Bertz CT molecular complexity index is 1390. The second-order valence-corrected chi connectivity index (χ2v) is 9.03. The second-order valence-electron chi connectivity index (χ2n) is 7.62. The molecule has 1 amide bonds. The largest absolute Gasteiger partial charge is 0.489 e. The lowest BCUT2D eigenvalue weighted by Crippen LogP contribution is -2.28. The highest BCUT2D eigenvalue weighted by atomic mass is 35.5. The van der Waals surface area contributed by atoms with Crippen molar-refractivity contribution in [3.63, 3.8) is 0 Å². The molecule has 1 saturated heterocycles. The van der Waals surface area contributed by atoms with E-state index in [1.54, 1.807) is 11.1 Å². The molecule has 0 aliphatic carbocycles. The fourth-order valence-corrected chi connectivity index (χ4v) is 4.64. The van der Waals surface area contributed by atoms with Crippen LogP contribution in [0.2, 0.25) is 5.02 Å². The molecule has 172 valence electrons. The van der Waals surface area contributed by atoms with E-state index in [1.165, 1.54) is 11.8 Å². The number of para-hydroxylation sites is 1. The molecule has 0 atom stereocenters. The van der Waals surface area contributed by atoms with E-state index in [2.05, 4.69) is 9.98 Å². The maximum absolute atomic E-state index is 13.4. The maximum atomic E-state index is 13.4. The molecule has 0 radical (unpaired) electrons. The monoisotopic (exact) mass is 497 g/mol. The minimum absolute atomic E-state index is 0.130. The summed E-state index contributed by atoms with van der Waals surface area (Å²) in [6, 6.07) is 30.2. The van der Waals surface area contributed by atoms with E-state index < -0.39 is 0 Å². The number of pyridine rings is 1. The summed E-state index contributed by atoms with van der Waals surface area (Å²) in [5, 5.41) is 1.24. The highest BCUT2D eigenvalue weighted by molar-refractivity contribution is 8.19. The lowest BCUT2D eigenvalue weighted by Gasteiger charge is -2.15. The van der Waals surface area contributed by atoms with Gasteiger partial charge in [-0.15, -0.1) is 0 Å². The van der Waals surface area contributed by atoms with Crippen LogP contribution in [0.5, 0.6) is 5.75 Å². The molecule has 0 N–H and O–H groups in total. The Hall–Kier alpha value is -3.87. The van der Waals surface area contributed by atoms with Gasteiger partial charge in [-0.05, 0) is 65.9 Å². The van der Waals surface area contributed by atoms with Gasteiger partial charge in [-0.25, -0.2) is 9.98 Å². The number of amidine groups is 1. The van der Waals surface area contributed by atoms with Crippen molar-refractivity contribution in [3.05, 3.63) is 124 Å². The minimum atomic E-state index is -0.130. The molecule has 2 heterocycles. The number of aliphatic imine (C=N–C) groups is 1. The molecule has 1 aromatic heterocycles. The number of hydrogen-bond donors (Lipinski definition) is 0. The second kappa shape index (κ2) is 10.6. The Kier molecular flexibility index (Phi) is 6.93. The van der Waals surface area contributed by atoms with Gasteiger partial charge in [-0.1, -0.05) is 66.2 Å². The van der Waals surface area contributed by atoms with Crippen molar-refractivity contribution >= 4 is 52.0 Å². The van der Waals surface area contributed by atoms with Gasteiger partial charge >= 0.3 is 0 Å². The van der Waals surface area contributed by atoms with E-state index >= 15 is 0 Å². The highest BCUT2D eigenvalue weighted by Gasteiger charge is 2.34. The molecule has 7 heteroatoms. The third-order valence-electron chi connectivity index (χ3n) is 5.21. The summed E-state index contributed by atoms with van der Waals surface area (Å²) >= 11 is 7.53. The predicted octanol–water partition coefficient (Wildman–Crippen LogP) is 7.12. The van der Waals surface area contributed by atoms with Crippen LogP contribution in [0.4, 0.5) is 11.5 Å². The standard InChI is InChI=1S/C28H20ClN3O2S/c29-24-11-5-4-8-21(24)19-34-23-15-13-20(14-16-23)18-25-27(33)32(22-9-2-1-3-10-22)28(35-25)31-26-12-6-7-17-30-26/h1-18H,19H2/b25-18-,31-28+. The van der Waals surface area contributed by atoms with Crippen LogP contribution >= 0.6 is 23.4 Å². The van der Waals surface area contributed by atoms with Crippen LogP contribution in [-0.2, 0) is 11.4 Å². The van der Waals surface area contributed by atoms with E-state index in [0.29, 0.717) is 27.5 Å². The van der Waals surface area contributed by atoms with Gasteiger partial charge in [0.15, 0.2) is 11.0 Å². The number of rotatable bonds is 6. The van der Waals surface area contributed by atoms with Gasteiger partial charge < -0.3 is 4.74 Å². The van der Waals surface area contributed by atoms with Crippen molar-refractivity contribution < 1.29 is 9.53 Å². The molecule has 5 rings (SSSR count). The molecule has 35 heavy (non-hydrogen) atoms. The van der Waals surface area contributed by atoms with E-state index in [-0.39, 0.29) is 5.91 Å². The number of nitrogens with zero attached hydrogens (tertiary/aromatic N) is 3. The topological polar surface area (TPSA) is 54.8 Å². The molecule has 1 fully saturated rings. The third kappa shape index (κ3) is 5.45. The molecular weight excluding hydrogens is 478 g/mol. The van der Waals surface area contributed by atoms with Gasteiger partial charge in [0.1, 0.15) is 12.4 Å². The number of carbonyl (C=O) groups excluding carboxylic acids is 1. The SMILES string of the molecule is O=C1/C(=C/c2ccc(OCc3ccccc3Cl)cc2)S/C(=N/c2ccccn2)N1c1ccccc1. The van der Waals surface area contributed by atoms with E-state index in [9.17, 15) is 4.79 Å². The molecule has 0 bridgehead atoms. The molecule has 0 unspecified atom stereocenters. The highest BCUT2D eigenvalue weighted by Crippen LogP contribution is 2.37. The summed E-state index contributed by atoms with van der Waals surface area (Å²) in [5.41, 5.74) is 2.57. The summed E-state index contributed by atoms with van der Waals surface area (Å²) in [6.45, 7) is 0.383. The lowest BCUT2D eigenvalue weighted by atomic mass is 10.2. The Labute approximate surface area is 212 Å². The summed E-state index contributed by atoms with van der Waals surface area (Å²) in [7, 11) is 0. The normalized spacial score (nSPS) is 15.7. The van der Waals surface area contributed by atoms with E-state index in [0.717, 1.165) is 22.6 Å². The number of amides is 1. The molecule has 5 nitrogen and oxygen atoms in total. The summed E-state index contributed by atoms with van der Waals surface area (Å²) in [6.07, 6.45) is 3.54. The fraction of sp³-hybridized carbons (Fsp3) is 0.0357. The van der Waals surface area contributed by atoms with Crippen LogP contribution < -0.4 is 9.64 Å². The van der Waals surface area contributed by atoms with E-state index in [1.807, 2.05) is 103 Å². The van der Waals surface area contributed by atoms with Crippen molar-refractivity contribution in [1.29, 1.82) is 0 Å². The summed E-state index contributed by atoms with van der Waals surface area (Å²) in [5.74, 6) is 1.14. The van der Waals surface area contributed by atoms with Gasteiger partial charge in [0, 0.05) is 16.8 Å². The Morgan fingerprint density at radius 3 is 2.40 bits per heavy atom. The van der Waals surface area contributed by atoms with Crippen LogP contribution in [0.1, 0.15) is 11.1 Å². The van der Waals surface area contributed by atoms with Crippen molar-refractivity contribution in [1.82, 2.24) is 4.98 Å². The van der Waals surface area contributed by atoms with Crippen LogP contribution in [-0.4, -0.2) is 16.1 Å². The van der Waals surface area contributed by atoms with Crippen molar-refractivity contribution in [2.24, 2.45) is 4.99 Å². The first-order valence-electron chi connectivity index (χ1n) is 10.9. The fourth-order valence-electron chi connectivity index (χ4n) is 3.46. The van der Waals surface area contributed by atoms with Crippen molar-refractivity contribution in [2.45, 2.75) is 6.61 Å². The molecule has 1 aliphatic rings. The molecule has 0 spiro atoms. The average Bonchev–Trinajstić information content (AvgIpc) is 3.19. The van der Waals surface area contributed by atoms with Crippen LogP contribution in [0.15, 0.2) is 113 Å². The third-order valence-corrected chi connectivity index (χ3v) is 6.55. The van der Waals surface area contributed by atoms with Crippen LogP contribution in [0.25, 0.3) is 6.08 Å². The van der Waals surface area contributed by atoms with E-state index in [4.69, 9.17) is 16.3 Å². The Balaban J connectivity index is 1.37. The first-order valence-corrected chi connectivity index (χ1v) is 12.1. The Morgan fingerprint density at radius 2 is 1.66 bits per heavy atom. The first kappa shape index (κ1) is 22.9. The zero-order chi connectivity index (χ0) is 24.0. The number of hydrogen-bond acceptors (Lipinski definition) is 5. The van der Waals surface area contributed by atoms with Crippen molar-refractivity contribution in [3.8, 4) is 5.75 Å². The number of anilines is 1. The number of halogens is 1. The van der Waals surface area contributed by atoms with Crippen molar-refractivity contribution in [2.75, 3.05) is 4.90 Å². The van der Waals surface area contributed by atoms with Gasteiger partial charge in [0.25, 0.3) is 5.91 Å². The van der Waals surface area contributed by atoms with Gasteiger partial charge in [0.05, 0.1) is 10.6 Å². The number of ether oxygens (including phenoxy) is 1. The molecule has 1 aliphatic heterocycles. The molecule has 4 aromatic rings. The first-order chi connectivity index (χ1) is 17.2. The quantitative estimate of drug-likeness (QED) is 0.266. The molecule has 3 aromatic carbocycles. The van der Waals surface area contributed by atoms with Gasteiger partial charge in [0.2, 0.25) is 0 Å². The average molecular weight is 498 g/mol. The number of benzene rings is 3. The van der Waals surface area contributed by atoms with Crippen LogP contribution in [0, 0.1) is 0 Å². The Morgan fingerprint density at radius 1 is 0.914 bits per heavy atom. The zero-order valence-electron chi connectivity index (χ0n) is 18.5. The minimum Gasteiger partial charge on any atom is -0.489 e.